The minimum absolute atomic E-state index is 0.135. The summed E-state index contributed by atoms with van der Waals surface area (Å²) < 4.78 is 0. The number of amides is 1. The number of carbonyl (C=O) groups excluding carboxylic acids is 1. The van der Waals surface area contributed by atoms with Crippen LogP contribution < -0.4 is 5.32 Å². The summed E-state index contributed by atoms with van der Waals surface area (Å²) in [6, 6.07) is 5.37. The van der Waals surface area contributed by atoms with Gasteiger partial charge in [-0.25, -0.2) is 0 Å². The lowest BCUT2D eigenvalue weighted by Crippen LogP contribution is -2.40. The third kappa shape index (κ3) is 3.62. The van der Waals surface area contributed by atoms with Crippen LogP contribution in [0.15, 0.2) is 18.2 Å². The molecule has 2 rings (SSSR count). The molecule has 1 aromatic carbocycles. The highest BCUT2D eigenvalue weighted by Crippen LogP contribution is 2.21. The summed E-state index contributed by atoms with van der Waals surface area (Å²) >= 11 is 11.8. The van der Waals surface area contributed by atoms with Gasteiger partial charge in [0.2, 0.25) is 0 Å². The van der Waals surface area contributed by atoms with Crippen LogP contribution in [-0.2, 0) is 0 Å². The van der Waals surface area contributed by atoms with Crippen molar-refractivity contribution in [3.05, 3.63) is 33.8 Å². The van der Waals surface area contributed by atoms with Gasteiger partial charge in [0.05, 0.1) is 10.6 Å². The Bertz CT molecular complexity index is 465. The Balaban J connectivity index is 1.94. The number of hydrogen-bond acceptors (Lipinski definition) is 2. The van der Waals surface area contributed by atoms with Crippen molar-refractivity contribution >= 4 is 29.1 Å². The summed E-state index contributed by atoms with van der Waals surface area (Å²) in [5.74, 6) is -0.135. The van der Waals surface area contributed by atoms with Crippen molar-refractivity contribution in [2.24, 2.45) is 0 Å². The van der Waals surface area contributed by atoms with Gasteiger partial charge >= 0.3 is 0 Å². The van der Waals surface area contributed by atoms with Crippen molar-refractivity contribution in [3.63, 3.8) is 0 Å². The largest absolute Gasteiger partial charge is 0.350 e. The summed E-state index contributed by atoms with van der Waals surface area (Å²) in [5, 5.41) is 3.89. The van der Waals surface area contributed by atoms with Crippen LogP contribution in [0.1, 0.15) is 30.1 Å². The van der Waals surface area contributed by atoms with E-state index in [2.05, 4.69) is 17.1 Å². The second-order valence-corrected chi connectivity index (χ2v) is 5.60. The van der Waals surface area contributed by atoms with Gasteiger partial charge in [0, 0.05) is 17.6 Å². The molecule has 1 aliphatic heterocycles. The first-order valence-corrected chi connectivity index (χ1v) is 7.34. The van der Waals surface area contributed by atoms with Gasteiger partial charge in [0.15, 0.2) is 0 Å². The first-order chi connectivity index (χ1) is 9.11. The van der Waals surface area contributed by atoms with Gasteiger partial charge in [-0.1, -0.05) is 30.1 Å². The van der Waals surface area contributed by atoms with Crippen LogP contribution in [0.5, 0.6) is 0 Å². The second-order valence-electron chi connectivity index (χ2n) is 4.76. The normalized spacial score (nSPS) is 19.6. The Morgan fingerprint density at radius 3 is 2.95 bits per heavy atom. The number of nitrogens with zero attached hydrogens (tertiary/aromatic N) is 1. The number of carbonyl (C=O) groups is 1. The highest BCUT2D eigenvalue weighted by molar-refractivity contribution is 6.36. The van der Waals surface area contributed by atoms with Crippen molar-refractivity contribution in [1.29, 1.82) is 0 Å². The standard InChI is InChI=1S/C14H18Cl2N2O/c1-2-18-7-3-4-11(18)9-17-14(19)12-6-5-10(15)8-13(12)16/h5-6,8,11H,2-4,7,9H2,1H3,(H,17,19). The van der Waals surface area contributed by atoms with Crippen LogP contribution in [0.4, 0.5) is 0 Å². The lowest BCUT2D eigenvalue weighted by Gasteiger charge is -2.22. The molecule has 1 heterocycles. The molecule has 1 saturated heterocycles. The van der Waals surface area contributed by atoms with Gasteiger partial charge in [-0.3, -0.25) is 9.69 Å². The van der Waals surface area contributed by atoms with Crippen LogP contribution in [0, 0.1) is 0 Å². The number of halogens is 2. The summed E-state index contributed by atoms with van der Waals surface area (Å²) in [6.45, 7) is 4.98. The Morgan fingerprint density at radius 1 is 1.47 bits per heavy atom. The summed E-state index contributed by atoms with van der Waals surface area (Å²) in [4.78, 5) is 14.5. The Morgan fingerprint density at radius 2 is 2.26 bits per heavy atom. The van der Waals surface area contributed by atoms with Gasteiger partial charge in [0.1, 0.15) is 0 Å². The van der Waals surface area contributed by atoms with E-state index in [1.165, 1.54) is 6.42 Å². The van der Waals surface area contributed by atoms with Crippen LogP contribution in [0.3, 0.4) is 0 Å². The average molecular weight is 301 g/mol. The zero-order valence-electron chi connectivity index (χ0n) is 11.0. The molecule has 0 aliphatic carbocycles. The van der Waals surface area contributed by atoms with Crippen molar-refractivity contribution in [3.8, 4) is 0 Å². The van der Waals surface area contributed by atoms with Crippen LogP contribution >= 0.6 is 23.2 Å². The number of hydrogen-bond donors (Lipinski definition) is 1. The van der Waals surface area contributed by atoms with E-state index in [1.54, 1.807) is 18.2 Å². The zero-order valence-corrected chi connectivity index (χ0v) is 12.5. The molecule has 1 aromatic rings. The molecule has 0 radical (unpaired) electrons. The zero-order chi connectivity index (χ0) is 13.8. The SMILES string of the molecule is CCN1CCCC1CNC(=O)c1ccc(Cl)cc1Cl. The maximum Gasteiger partial charge on any atom is 0.252 e. The van der Waals surface area contributed by atoms with Crippen molar-refractivity contribution < 1.29 is 4.79 Å². The molecule has 0 spiro atoms. The fourth-order valence-electron chi connectivity index (χ4n) is 2.52. The molecule has 1 N–H and O–H groups in total. The number of likely N-dealkylation sites (tertiary alicyclic amines) is 1. The third-order valence-electron chi connectivity index (χ3n) is 3.58. The van der Waals surface area contributed by atoms with Gasteiger partial charge in [-0.2, -0.15) is 0 Å². The van der Waals surface area contributed by atoms with Crippen molar-refractivity contribution in [1.82, 2.24) is 10.2 Å². The molecule has 1 fully saturated rings. The molecule has 5 heteroatoms. The lowest BCUT2D eigenvalue weighted by molar-refractivity contribution is 0.0941. The second kappa shape index (κ2) is 6.60. The minimum atomic E-state index is -0.135. The highest BCUT2D eigenvalue weighted by atomic mass is 35.5. The highest BCUT2D eigenvalue weighted by Gasteiger charge is 2.23. The molecule has 0 aromatic heterocycles. The summed E-state index contributed by atoms with van der Waals surface area (Å²) in [5.41, 5.74) is 0.479. The molecule has 1 atom stereocenters. The molecule has 1 aliphatic rings. The van der Waals surface area contributed by atoms with E-state index in [4.69, 9.17) is 23.2 Å². The number of nitrogens with one attached hydrogen (secondary N) is 1. The quantitative estimate of drug-likeness (QED) is 0.926. The van der Waals surface area contributed by atoms with Crippen molar-refractivity contribution in [2.45, 2.75) is 25.8 Å². The molecule has 1 amide bonds. The monoisotopic (exact) mass is 300 g/mol. The van der Waals surface area contributed by atoms with E-state index in [1.807, 2.05) is 0 Å². The minimum Gasteiger partial charge on any atom is -0.350 e. The molecule has 104 valence electrons. The molecule has 0 saturated carbocycles. The van der Waals surface area contributed by atoms with Crippen LogP contribution in [0.25, 0.3) is 0 Å². The molecule has 0 bridgehead atoms. The lowest BCUT2D eigenvalue weighted by atomic mass is 10.2. The number of likely N-dealkylation sites (N-methyl/N-ethyl adjacent to an activating group) is 1. The number of benzene rings is 1. The Hall–Kier alpha value is -0.770. The molecular formula is C14H18Cl2N2O. The van der Waals surface area contributed by atoms with E-state index in [-0.39, 0.29) is 5.91 Å². The predicted molar refractivity (Wildman–Crippen MR) is 79.1 cm³/mol. The average Bonchev–Trinajstić information content (AvgIpc) is 2.83. The van der Waals surface area contributed by atoms with E-state index in [9.17, 15) is 4.79 Å². The van der Waals surface area contributed by atoms with Crippen LogP contribution in [0.2, 0.25) is 10.0 Å². The first-order valence-electron chi connectivity index (χ1n) is 6.59. The summed E-state index contributed by atoms with van der Waals surface area (Å²) in [7, 11) is 0. The molecule has 1 unspecified atom stereocenters. The number of rotatable bonds is 4. The van der Waals surface area contributed by atoms with Crippen LogP contribution in [-0.4, -0.2) is 36.5 Å². The van der Waals surface area contributed by atoms with E-state index in [0.717, 1.165) is 19.5 Å². The maximum atomic E-state index is 12.1. The van der Waals surface area contributed by atoms with E-state index < -0.39 is 0 Å². The maximum absolute atomic E-state index is 12.1. The molecule has 3 nitrogen and oxygen atoms in total. The molecule has 19 heavy (non-hydrogen) atoms. The topological polar surface area (TPSA) is 32.3 Å². The van der Waals surface area contributed by atoms with Gasteiger partial charge in [0.25, 0.3) is 5.91 Å². The summed E-state index contributed by atoms with van der Waals surface area (Å²) in [6.07, 6.45) is 2.35. The fraction of sp³-hybridized carbons (Fsp3) is 0.500. The predicted octanol–water partition coefficient (Wildman–Crippen LogP) is 3.21. The molecular weight excluding hydrogens is 283 g/mol. The van der Waals surface area contributed by atoms with Crippen molar-refractivity contribution in [2.75, 3.05) is 19.6 Å². The first kappa shape index (κ1) is 14.6. The van der Waals surface area contributed by atoms with Gasteiger partial charge in [-0.05, 0) is 44.1 Å². The van der Waals surface area contributed by atoms with Gasteiger partial charge < -0.3 is 5.32 Å². The third-order valence-corrected chi connectivity index (χ3v) is 4.13. The smallest absolute Gasteiger partial charge is 0.252 e. The van der Waals surface area contributed by atoms with E-state index >= 15 is 0 Å². The fourth-order valence-corrected chi connectivity index (χ4v) is 3.02. The Kier molecular flexibility index (Phi) is 5.08. The van der Waals surface area contributed by atoms with E-state index in [0.29, 0.717) is 28.2 Å². The van der Waals surface area contributed by atoms with Gasteiger partial charge in [-0.15, -0.1) is 0 Å². The Labute approximate surface area is 123 Å².